The first-order valence-electron chi connectivity index (χ1n) is 7.07. The maximum atomic E-state index is 13.1. The molecule has 25 heavy (non-hydrogen) atoms. The number of nitrogens with one attached hydrogen (secondary N) is 1. The average molecular weight is 477 g/mol. The van der Waals surface area contributed by atoms with Crippen LogP contribution in [-0.4, -0.2) is 13.0 Å². The van der Waals surface area contributed by atoms with Crippen molar-refractivity contribution in [3.63, 3.8) is 0 Å². The van der Waals surface area contributed by atoms with E-state index in [1.807, 2.05) is 11.5 Å². The number of rotatable bonds is 6. The molecule has 0 aliphatic heterocycles. The summed E-state index contributed by atoms with van der Waals surface area (Å²) in [6, 6.07) is 7.68. The zero-order chi connectivity index (χ0) is 18.4. The van der Waals surface area contributed by atoms with Crippen LogP contribution in [0.5, 0.6) is 11.5 Å². The molecule has 0 atom stereocenters. The molecular formula is C17H15ClFIN2O3. The van der Waals surface area contributed by atoms with Crippen LogP contribution in [0.1, 0.15) is 11.1 Å². The van der Waals surface area contributed by atoms with Crippen molar-refractivity contribution in [3.05, 3.63) is 61.9 Å². The predicted molar refractivity (Wildman–Crippen MR) is 103 cm³/mol. The lowest BCUT2D eigenvalue weighted by Gasteiger charge is -2.14. The minimum Gasteiger partial charge on any atom is -0.493 e. The van der Waals surface area contributed by atoms with E-state index in [-0.39, 0.29) is 6.61 Å². The fourth-order valence-electron chi connectivity index (χ4n) is 1.98. The van der Waals surface area contributed by atoms with Gasteiger partial charge in [-0.2, -0.15) is 0 Å². The monoisotopic (exact) mass is 476 g/mol. The topological polar surface area (TPSA) is 73.6 Å². The number of hydrogen-bond donors (Lipinski definition) is 2. The quantitative estimate of drug-likeness (QED) is 0.219. The van der Waals surface area contributed by atoms with Gasteiger partial charge in [-0.3, -0.25) is 10.2 Å². The van der Waals surface area contributed by atoms with Gasteiger partial charge in [-0.25, -0.2) is 10.2 Å². The fourth-order valence-corrected chi connectivity index (χ4v) is 2.99. The van der Waals surface area contributed by atoms with Crippen LogP contribution >= 0.6 is 34.2 Å². The smallest absolute Gasteiger partial charge is 0.257 e. The van der Waals surface area contributed by atoms with E-state index < -0.39 is 11.7 Å². The third-order valence-electron chi connectivity index (χ3n) is 3.21. The molecular weight excluding hydrogens is 462 g/mol. The Labute approximate surface area is 163 Å². The van der Waals surface area contributed by atoms with Gasteiger partial charge in [-0.05, 0) is 58.5 Å². The van der Waals surface area contributed by atoms with Crippen molar-refractivity contribution in [2.75, 3.05) is 7.11 Å². The van der Waals surface area contributed by atoms with E-state index in [1.54, 1.807) is 18.2 Å². The number of hydrazine groups is 1. The van der Waals surface area contributed by atoms with Crippen LogP contribution in [0.15, 0.2) is 36.4 Å². The number of carbonyl (C=O) groups excluding carboxylic acids is 1. The number of hydrogen-bond acceptors (Lipinski definition) is 4. The Kier molecular flexibility index (Phi) is 7.03. The van der Waals surface area contributed by atoms with Crippen LogP contribution in [0.2, 0.25) is 5.02 Å². The molecule has 0 saturated carbocycles. The molecule has 3 N–H and O–H groups in total. The second kappa shape index (κ2) is 9.02. The Morgan fingerprint density at radius 2 is 2.16 bits per heavy atom. The summed E-state index contributed by atoms with van der Waals surface area (Å²) in [5, 5.41) is 0.293. The van der Waals surface area contributed by atoms with Crippen LogP contribution in [-0.2, 0) is 11.4 Å². The third kappa shape index (κ3) is 5.32. The van der Waals surface area contributed by atoms with Crippen molar-refractivity contribution >= 4 is 46.2 Å². The molecule has 2 rings (SSSR count). The minimum absolute atomic E-state index is 0.163. The first-order valence-corrected chi connectivity index (χ1v) is 8.53. The van der Waals surface area contributed by atoms with Gasteiger partial charge in [0.15, 0.2) is 11.5 Å². The van der Waals surface area contributed by atoms with Crippen molar-refractivity contribution in [3.8, 4) is 11.5 Å². The van der Waals surface area contributed by atoms with Gasteiger partial charge < -0.3 is 9.47 Å². The first kappa shape index (κ1) is 19.5. The first-order chi connectivity index (χ1) is 11.9. The Balaban J connectivity index is 2.22. The molecule has 0 bridgehead atoms. The number of methoxy groups -OCH3 is 1. The Morgan fingerprint density at radius 1 is 1.40 bits per heavy atom. The summed E-state index contributed by atoms with van der Waals surface area (Å²) in [6.07, 6.45) is 2.91. The molecule has 0 saturated heterocycles. The molecule has 8 heteroatoms. The highest BCUT2D eigenvalue weighted by Crippen LogP contribution is 2.35. The van der Waals surface area contributed by atoms with E-state index in [1.165, 1.54) is 25.3 Å². The molecule has 0 radical (unpaired) electrons. The summed E-state index contributed by atoms with van der Waals surface area (Å²) in [4.78, 5) is 11.2. The highest BCUT2D eigenvalue weighted by Gasteiger charge is 2.12. The number of benzene rings is 2. The van der Waals surface area contributed by atoms with Gasteiger partial charge in [-0.1, -0.05) is 17.7 Å². The van der Waals surface area contributed by atoms with E-state index in [2.05, 4.69) is 22.6 Å². The van der Waals surface area contributed by atoms with Crippen LogP contribution < -0.4 is 20.7 Å². The molecule has 0 aromatic heterocycles. The highest BCUT2D eigenvalue weighted by atomic mass is 127. The zero-order valence-corrected chi connectivity index (χ0v) is 16.1. The molecule has 0 heterocycles. The van der Waals surface area contributed by atoms with Crippen molar-refractivity contribution in [1.82, 2.24) is 5.43 Å². The van der Waals surface area contributed by atoms with Gasteiger partial charge >= 0.3 is 0 Å². The molecule has 0 fully saturated rings. The standard InChI is InChI=1S/C17H15ClFIN2O3/c1-24-15-7-10(2-5-16(23)22-21)6-14(20)17(15)25-9-11-3-4-12(19)8-13(11)18/h2-8H,9,21H2,1H3,(H,22,23)/b5-2+. The van der Waals surface area contributed by atoms with E-state index >= 15 is 0 Å². The van der Waals surface area contributed by atoms with Gasteiger partial charge in [0.25, 0.3) is 5.91 Å². The second-order valence-electron chi connectivity index (χ2n) is 4.90. The highest BCUT2D eigenvalue weighted by molar-refractivity contribution is 14.1. The molecule has 0 spiro atoms. The van der Waals surface area contributed by atoms with Crippen LogP contribution in [0.4, 0.5) is 4.39 Å². The number of ether oxygens (including phenoxy) is 2. The normalized spacial score (nSPS) is 10.8. The Morgan fingerprint density at radius 3 is 2.80 bits per heavy atom. The number of carbonyl (C=O) groups is 1. The minimum atomic E-state index is -0.416. The van der Waals surface area contributed by atoms with Crippen molar-refractivity contribution < 1.29 is 18.7 Å². The zero-order valence-electron chi connectivity index (χ0n) is 13.2. The number of halogens is 3. The molecule has 0 unspecified atom stereocenters. The van der Waals surface area contributed by atoms with Gasteiger partial charge in [0.05, 0.1) is 15.7 Å². The number of nitrogens with two attached hydrogens (primary N) is 1. The van der Waals surface area contributed by atoms with Gasteiger partial charge in [0, 0.05) is 11.6 Å². The maximum absolute atomic E-state index is 13.1. The van der Waals surface area contributed by atoms with Crippen molar-refractivity contribution in [2.45, 2.75) is 6.61 Å². The van der Waals surface area contributed by atoms with Crippen molar-refractivity contribution in [2.24, 2.45) is 5.84 Å². The second-order valence-corrected chi connectivity index (χ2v) is 6.47. The molecule has 5 nitrogen and oxygen atoms in total. The molecule has 0 aliphatic rings. The number of amides is 1. The summed E-state index contributed by atoms with van der Waals surface area (Å²) in [6.45, 7) is 0.163. The molecule has 0 aliphatic carbocycles. The van der Waals surface area contributed by atoms with Gasteiger partial charge in [0.1, 0.15) is 12.4 Å². The Hall–Kier alpha value is -1.84. The van der Waals surface area contributed by atoms with E-state index in [4.69, 9.17) is 26.9 Å². The summed E-state index contributed by atoms with van der Waals surface area (Å²) in [7, 11) is 1.52. The molecule has 2 aromatic rings. The van der Waals surface area contributed by atoms with E-state index in [0.717, 1.165) is 9.13 Å². The Bertz CT molecular complexity index is 815. The van der Waals surface area contributed by atoms with Crippen LogP contribution in [0.3, 0.4) is 0 Å². The molecule has 1 amide bonds. The largest absolute Gasteiger partial charge is 0.493 e. The van der Waals surface area contributed by atoms with Crippen LogP contribution in [0.25, 0.3) is 6.08 Å². The summed E-state index contributed by atoms with van der Waals surface area (Å²) in [5.74, 6) is 5.24. The fraction of sp³-hybridized carbons (Fsp3) is 0.118. The van der Waals surface area contributed by atoms with E-state index in [0.29, 0.717) is 22.1 Å². The summed E-state index contributed by atoms with van der Waals surface area (Å²) in [5.41, 5.74) is 3.42. The van der Waals surface area contributed by atoms with Crippen LogP contribution in [0, 0.1) is 9.39 Å². The molecule has 132 valence electrons. The average Bonchev–Trinajstić information content (AvgIpc) is 2.59. The van der Waals surface area contributed by atoms with Gasteiger partial charge in [-0.15, -0.1) is 0 Å². The lowest BCUT2D eigenvalue weighted by Crippen LogP contribution is -2.27. The third-order valence-corrected chi connectivity index (χ3v) is 4.36. The predicted octanol–water partition coefficient (Wildman–Crippen LogP) is 3.67. The molecule has 2 aromatic carbocycles. The lowest BCUT2D eigenvalue weighted by molar-refractivity contribution is -0.116. The lowest BCUT2D eigenvalue weighted by atomic mass is 10.2. The summed E-state index contributed by atoms with van der Waals surface area (Å²) < 4.78 is 25.0. The summed E-state index contributed by atoms with van der Waals surface area (Å²) >= 11 is 8.11. The maximum Gasteiger partial charge on any atom is 0.257 e. The van der Waals surface area contributed by atoms with E-state index in [9.17, 15) is 9.18 Å². The SMILES string of the molecule is COc1cc(/C=C/C(=O)NN)cc(I)c1OCc1ccc(F)cc1Cl. The van der Waals surface area contributed by atoms with Gasteiger partial charge in [0.2, 0.25) is 0 Å². The van der Waals surface area contributed by atoms with Crippen molar-refractivity contribution in [1.29, 1.82) is 0 Å².